The van der Waals surface area contributed by atoms with Gasteiger partial charge in [-0.15, -0.1) is 0 Å². The van der Waals surface area contributed by atoms with Crippen LogP contribution in [0.15, 0.2) is 42.7 Å². The maximum atomic E-state index is 5.62. The van der Waals surface area contributed by atoms with E-state index in [2.05, 4.69) is 15.3 Å². The lowest BCUT2D eigenvalue weighted by Crippen LogP contribution is -2.18. The van der Waals surface area contributed by atoms with Gasteiger partial charge < -0.3 is 14.8 Å². The normalized spacial score (nSPS) is 10.4. The first-order valence-electron chi connectivity index (χ1n) is 6.56. The molecule has 0 radical (unpaired) electrons. The largest absolute Gasteiger partial charge is 0.486 e. The van der Waals surface area contributed by atoms with Crippen LogP contribution in [0.5, 0.6) is 5.75 Å². The molecule has 2 aromatic rings. The number of nitrogens with zero attached hydrogens (tertiary/aromatic N) is 2. The predicted octanol–water partition coefficient (Wildman–Crippen LogP) is 1.79. The van der Waals surface area contributed by atoms with Crippen molar-refractivity contribution in [2.24, 2.45) is 0 Å². The number of benzene rings is 1. The van der Waals surface area contributed by atoms with Crippen molar-refractivity contribution >= 4 is 0 Å². The van der Waals surface area contributed by atoms with Gasteiger partial charge in [0.1, 0.15) is 12.4 Å². The lowest BCUT2D eigenvalue weighted by molar-refractivity contribution is 0.199. The Balaban J connectivity index is 1.76. The number of aromatic nitrogens is 2. The van der Waals surface area contributed by atoms with Crippen molar-refractivity contribution < 1.29 is 9.47 Å². The Kier molecular flexibility index (Phi) is 5.95. The van der Waals surface area contributed by atoms with Crippen LogP contribution in [-0.2, 0) is 17.9 Å². The molecule has 20 heavy (non-hydrogen) atoms. The second-order valence-corrected chi connectivity index (χ2v) is 4.27. The second kappa shape index (κ2) is 8.24. The van der Waals surface area contributed by atoms with Gasteiger partial charge >= 0.3 is 0 Å². The smallest absolute Gasteiger partial charge is 0.166 e. The molecule has 0 atom stereocenters. The Morgan fingerprint density at radius 3 is 2.55 bits per heavy atom. The van der Waals surface area contributed by atoms with Crippen LogP contribution in [-0.4, -0.2) is 30.2 Å². The molecule has 0 spiro atoms. The van der Waals surface area contributed by atoms with Crippen LogP contribution in [0.1, 0.15) is 11.4 Å². The fraction of sp³-hybridized carbons (Fsp3) is 0.333. The first kappa shape index (κ1) is 14.4. The van der Waals surface area contributed by atoms with Crippen molar-refractivity contribution in [2.75, 3.05) is 20.3 Å². The van der Waals surface area contributed by atoms with E-state index in [9.17, 15) is 0 Å². The lowest BCUT2D eigenvalue weighted by atomic mass is 10.2. The monoisotopic (exact) mass is 273 g/mol. The number of rotatable bonds is 8. The summed E-state index contributed by atoms with van der Waals surface area (Å²) in [5.41, 5.74) is 1.21. The van der Waals surface area contributed by atoms with E-state index in [1.54, 1.807) is 25.6 Å². The fourth-order valence-electron chi connectivity index (χ4n) is 1.66. The summed E-state index contributed by atoms with van der Waals surface area (Å²) in [5.74, 6) is 1.50. The zero-order valence-electron chi connectivity index (χ0n) is 11.6. The van der Waals surface area contributed by atoms with Crippen LogP contribution in [0.25, 0.3) is 0 Å². The molecule has 0 bridgehead atoms. The third kappa shape index (κ3) is 4.95. The van der Waals surface area contributed by atoms with Gasteiger partial charge in [0.25, 0.3) is 0 Å². The zero-order chi connectivity index (χ0) is 14.0. The van der Waals surface area contributed by atoms with Gasteiger partial charge in [-0.2, -0.15) is 0 Å². The van der Waals surface area contributed by atoms with Crippen LogP contribution < -0.4 is 10.1 Å². The summed E-state index contributed by atoms with van der Waals surface area (Å²) in [6.07, 6.45) is 3.42. The summed E-state index contributed by atoms with van der Waals surface area (Å²) in [6, 6.07) is 9.78. The van der Waals surface area contributed by atoms with Gasteiger partial charge in [0.15, 0.2) is 5.82 Å². The van der Waals surface area contributed by atoms with E-state index in [0.717, 1.165) is 25.4 Å². The Labute approximate surface area is 119 Å². The van der Waals surface area contributed by atoms with Gasteiger partial charge in [-0.1, -0.05) is 12.1 Å². The molecule has 0 unspecified atom stereocenters. The molecule has 1 aromatic carbocycles. The van der Waals surface area contributed by atoms with Gasteiger partial charge in [-0.25, -0.2) is 9.97 Å². The SMILES string of the molecule is COCCNCc1ccc(OCc2ncccn2)cc1. The number of ether oxygens (including phenoxy) is 2. The zero-order valence-corrected chi connectivity index (χ0v) is 11.6. The summed E-state index contributed by atoms with van der Waals surface area (Å²) < 4.78 is 10.6. The van der Waals surface area contributed by atoms with Crippen molar-refractivity contribution in [2.45, 2.75) is 13.2 Å². The minimum Gasteiger partial charge on any atom is -0.486 e. The van der Waals surface area contributed by atoms with Crippen molar-refractivity contribution in [1.29, 1.82) is 0 Å². The Morgan fingerprint density at radius 1 is 1.10 bits per heavy atom. The van der Waals surface area contributed by atoms with Gasteiger partial charge in [0.2, 0.25) is 0 Å². The molecule has 0 fully saturated rings. The molecule has 5 heteroatoms. The topological polar surface area (TPSA) is 56.3 Å². The average molecular weight is 273 g/mol. The van der Waals surface area contributed by atoms with Gasteiger partial charge in [-0.05, 0) is 23.8 Å². The van der Waals surface area contributed by atoms with E-state index < -0.39 is 0 Å². The highest BCUT2D eigenvalue weighted by Gasteiger charge is 1.98. The van der Waals surface area contributed by atoms with Crippen molar-refractivity contribution in [1.82, 2.24) is 15.3 Å². The van der Waals surface area contributed by atoms with Gasteiger partial charge in [0, 0.05) is 32.6 Å². The molecule has 0 aliphatic heterocycles. The number of nitrogens with one attached hydrogen (secondary N) is 1. The minimum absolute atomic E-state index is 0.381. The van der Waals surface area contributed by atoms with E-state index >= 15 is 0 Å². The summed E-state index contributed by atoms with van der Waals surface area (Å²) >= 11 is 0. The fourth-order valence-corrected chi connectivity index (χ4v) is 1.66. The molecule has 0 saturated heterocycles. The molecular weight excluding hydrogens is 254 g/mol. The highest BCUT2D eigenvalue weighted by atomic mass is 16.5. The predicted molar refractivity (Wildman–Crippen MR) is 76.4 cm³/mol. The van der Waals surface area contributed by atoms with E-state index in [-0.39, 0.29) is 0 Å². The molecule has 1 aromatic heterocycles. The van der Waals surface area contributed by atoms with Crippen LogP contribution >= 0.6 is 0 Å². The van der Waals surface area contributed by atoms with Crippen molar-refractivity contribution in [3.8, 4) is 5.75 Å². The molecule has 0 aliphatic carbocycles. The molecular formula is C15H19N3O2. The Bertz CT molecular complexity index is 488. The minimum atomic E-state index is 0.381. The van der Waals surface area contributed by atoms with Gasteiger partial charge in [-0.3, -0.25) is 0 Å². The quantitative estimate of drug-likeness (QED) is 0.743. The van der Waals surface area contributed by atoms with Crippen LogP contribution in [0.3, 0.4) is 0 Å². The van der Waals surface area contributed by atoms with Crippen LogP contribution in [0, 0.1) is 0 Å². The average Bonchev–Trinajstić information content (AvgIpc) is 2.52. The lowest BCUT2D eigenvalue weighted by Gasteiger charge is -2.07. The molecule has 0 amide bonds. The van der Waals surface area contributed by atoms with Crippen LogP contribution in [0.4, 0.5) is 0 Å². The molecule has 2 rings (SSSR count). The molecule has 1 heterocycles. The van der Waals surface area contributed by atoms with Crippen molar-refractivity contribution in [3.63, 3.8) is 0 Å². The Morgan fingerprint density at radius 2 is 1.85 bits per heavy atom. The summed E-state index contributed by atoms with van der Waals surface area (Å²) in [5, 5.41) is 3.29. The molecule has 0 aliphatic rings. The molecule has 1 N–H and O–H groups in total. The summed E-state index contributed by atoms with van der Waals surface area (Å²) in [6.45, 7) is 2.77. The van der Waals surface area contributed by atoms with E-state index in [1.165, 1.54) is 5.56 Å². The highest BCUT2D eigenvalue weighted by Crippen LogP contribution is 2.13. The summed E-state index contributed by atoms with van der Waals surface area (Å²) in [7, 11) is 1.70. The number of hydrogen-bond donors (Lipinski definition) is 1. The van der Waals surface area contributed by atoms with Gasteiger partial charge in [0.05, 0.1) is 6.61 Å². The standard InChI is InChI=1S/C15H19N3O2/c1-19-10-9-16-11-13-3-5-14(6-4-13)20-12-15-17-7-2-8-18-15/h2-8,16H,9-12H2,1H3. The Hall–Kier alpha value is -1.98. The first-order valence-corrected chi connectivity index (χ1v) is 6.56. The van der Waals surface area contributed by atoms with Crippen molar-refractivity contribution in [3.05, 3.63) is 54.1 Å². The maximum absolute atomic E-state index is 5.62. The van der Waals surface area contributed by atoms with Crippen LogP contribution in [0.2, 0.25) is 0 Å². The number of methoxy groups -OCH3 is 1. The maximum Gasteiger partial charge on any atom is 0.166 e. The van der Waals surface area contributed by atoms with E-state index in [0.29, 0.717) is 12.4 Å². The number of hydrogen-bond acceptors (Lipinski definition) is 5. The first-order chi connectivity index (χ1) is 9.88. The second-order valence-electron chi connectivity index (χ2n) is 4.27. The molecule has 0 saturated carbocycles. The van der Waals surface area contributed by atoms with E-state index in [1.807, 2.05) is 24.3 Å². The van der Waals surface area contributed by atoms with E-state index in [4.69, 9.17) is 9.47 Å². The summed E-state index contributed by atoms with van der Waals surface area (Å²) in [4.78, 5) is 8.22. The highest BCUT2D eigenvalue weighted by molar-refractivity contribution is 5.27. The molecule has 5 nitrogen and oxygen atoms in total. The molecule has 106 valence electrons. The third-order valence-corrected chi connectivity index (χ3v) is 2.72. The third-order valence-electron chi connectivity index (χ3n) is 2.72.